The average Bonchev–Trinajstić information content (AvgIpc) is 2.82. The first-order valence-corrected chi connectivity index (χ1v) is 10.4. The van der Waals surface area contributed by atoms with Crippen LogP contribution in [0, 0.1) is 5.92 Å². The quantitative estimate of drug-likeness (QED) is 0.729. The Hall–Kier alpha value is -3.22. The molecule has 164 valence electrons. The molecule has 2 unspecified atom stereocenters. The zero-order valence-corrected chi connectivity index (χ0v) is 18.1. The van der Waals surface area contributed by atoms with Crippen LogP contribution in [0.4, 0.5) is 0 Å². The maximum atomic E-state index is 13.3. The molecule has 1 amide bonds. The van der Waals surface area contributed by atoms with Crippen molar-refractivity contribution >= 4 is 11.7 Å². The summed E-state index contributed by atoms with van der Waals surface area (Å²) in [6.45, 7) is 1.19. The molecule has 2 heterocycles. The Morgan fingerprint density at radius 1 is 1.06 bits per heavy atom. The average molecular weight is 425 g/mol. The molecular formula is C24H27NO6. The minimum atomic E-state index is -0.224. The summed E-state index contributed by atoms with van der Waals surface area (Å²) in [6.07, 6.45) is 1.89. The number of ketones is 1. The molecule has 31 heavy (non-hydrogen) atoms. The van der Waals surface area contributed by atoms with Gasteiger partial charge in [-0.3, -0.25) is 9.59 Å². The molecule has 7 heteroatoms. The molecule has 0 bridgehead atoms. The van der Waals surface area contributed by atoms with Gasteiger partial charge in [0.1, 0.15) is 11.9 Å². The molecule has 1 fully saturated rings. The first-order valence-electron chi connectivity index (χ1n) is 10.4. The zero-order valence-electron chi connectivity index (χ0n) is 18.1. The maximum Gasteiger partial charge on any atom is 0.254 e. The third-order valence-corrected chi connectivity index (χ3v) is 6.03. The van der Waals surface area contributed by atoms with Gasteiger partial charge in [0.05, 0.1) is 26.9 Å². The molecule has 0 radical (unpaired) electrons. The Kier molecular flexibility index (Phi) is 6.02. The van der Waals surface area contributed by atoms with Gasteiger partial charge in [0, 0.05) is 31.0 Å². The molecule has 4 rings (SSSR count). The summed E-state index contributed by atoms with van der Waals surface area (Å²) in [5.74, 6) is 2.05. The number of fused-ring (bicyclic) bond motifs is 1. The number of carbonyl (C=O) groups is 2. The van der Waals surface area contributed by atoms with E-state index in [0.717, 1.165) is 12.8 Å². The standard InChI is InChI=1S/C24H27NO6/c1-28-21-11-16(12-22(29-2)23(21)30-3)24(27)25-10-6-7-15(14-25)20-13-18(26)17-8-4-5-9-19(17)31-20/h4-5,8-9,11-12,15,20H,6-7,10,13-14H2,1-3H3. The van der Waals surface area contributed by atoms with E-state index in [1.807, 2.05) is 23.1 Å². The van der Waals surface area contributed by atoms with Crippen molar-refractivity contribution in [2.75, 3.05) is 34.4 Å². The lowest BCUT2D eigenvalue weighted by atomic mass is 9.86. The first kappa shape index (κ1) is 21.0. The SMILES string of the molecule is COc1cc(C(=O)N2CCCC(C3CC(=O)c4ccccc4O3)C2)cc(OC)c1OC. The number of benzene rings is 2. The molecule has 2 aliphatic rings. The number of nitrogens with zero attached hydrogens (tertiary/aromatic N) is 1. The minimum absolute atomic E-state index is 0.0945. The van der Waals surface area contributed by atoms with Crippen LogP contribution in [-0.4, -0.2) is 57.1 Å². The Labute approximate surface area is 181 Å². The van der Waals surface area contributed by atoms with E-state index < -0.39 is 0 Å². The smallest absolute Gasteiger partial charge is 0.254 e. The minimum Gasteiger partial charge on any atom is -0.493 e. The Morgan fingerprint density at radius 2 is 1.77 bits per heavy atom. The van der Waals surface area contributed by atoms with Gasteiger partial charge in [-0.1, -0.05) is 12.1 Å². The summed E-state index contributed by atoms with van der Waals surface area (Å²) < 4.78 is 22.3. The van der Waals surface area contributed by atoms with Crippen molar-refractivity contribution in [1.82, 2.24) is 4.90 Å². The predicted octanol–water partition coefficient (Wildman–Crippen LogP) is 3.60. The molecule has 2 aromatic carbocycles. The monoisotopic (exact) mass is 425 g/mol. The van der Waals surface area contributed by atoms with Crippen LogP contribution in [0.15, 0.2) is 36.4 Å². The van der Waals surface area contributed by atoms with Gasteiger partial charge in [-0.25, -0.2) is 0 Å². The van der Waals surface area contributed by atoms with E-state index in [1.54, 1.807) is 18.2 Å². The molecule has 0 N–H and O–H groups in total. The van der Waals surface area contributed by atoms with Crippen molar-refractivity contribution in [1.29, 1.82) is 0 Å². The van der Waals surface area contributed by atoms with E-state index in [2.05, 4.69) is 0 Å². The number of likely N-dealkylation sites (tertiary alicyclic amines) is 1. The van der Waals surface area contributed by atoms with Gasteiger partial charge in [0.2, 0.25) is 5.75 Å². The van der Waals surface area contributed by atoms with Crippen LogP contribution in [0.25, 0.3) is 0 Å². The number of rotatable bonds is 5. The van der Waals surface area contributed by atoms with Crippen molar-refractivity contribution < 1.29 is 28.5 Å². The van der Waals surface area contributed by atoms with E-state index in [4.69, 9.17) is 18.9 Å². The van der Waals surface area contributed by atoms with Crippen LogP contribution in [0.2, 0.25) is 0 Å². The van der Waals surface area contributed by atoms with Crippen molar-refractivity contribution in [2.45, 2.75) is 25.4 Å². The van der Waals surface area contributed by atoms with Gasteiger partial charge in [-0.15, -0.1) is 0 Å². The number of hydrogen-bond donors (Lipinski definition) is 0. The number of Topliss-reactive ketones (excluding diaryl/α,β-unsaturated/α-hetero) is 1. The Balaban J connectivity index is 1.53. The van der Waals surface area contributed by atoms with Crippen LogP contribution in [0.3, 0.4) is 0 Å². The summed E-state index contributed by atoms with van der Waals surface area (Å²) in [6, 6.07) is 10.7. The molecular weight excluding hydrogens is 398 g/mol. The maximum absolute atomic E-state index is 13.3. The van der Waals surface area contributed by atoms with Gasteiger partial charge in [0.15, 0.2) is 17.3 Å². The molecule has 2 aliphatic heterocycles. The van der Waals surface area contributed by atoms with Crippen LogP contribution in [0.1, 0.15) is 40.0 Å². The lowest BCUT2D eigenvalue weighted by molar-refractivity contribution is 0.0408. The molecule has 1 saturated heterocycles. The van der Waals surface area contributed by atoms with Gasteiger partial charge in [-0.2, -0.15) is 0 Å². The molecule has 0 aromatic heterocycles. The van der Waals surface area contributed by atoms with Crippen LogP contribution in [-0.2, 0) is 0 Å². The number of amides is 1. The number of piperidine rings is 1. The molecule has 2 aromatic rings. The zero-order chi connectivity index (χ0) is 22.0. The van der Waals surface area contributed by atoms with Crippen LogP contribution < -0.4 is 18.9 Å². The molecule has 2 atom stereocenters. The second kappa shape index (κ2) is 8.88. The highest BCUT2D eigenvalue weighted by Crippen LogP contribution is 2.39. The number of carbonyl (C=O) groups excluding carboxylic acids is 2. The highest BCUT2D eigenvalue weighted by atomic mass is 16.5. The predicted molar refractivity (Wildman–Crippen MR) is 115 cm³/mol. The number of methoxy groups -OCH3 is 3. The highest BCUT2D eigenvalue weighted by Gasteiger charge is 2.36. The van der Waals surface area contributed by atoms with E-state index in [9.17, 15) is 9.59 Å². The van der Waals surface area contributed by atoms with Crippen molar-refractivity contribution in [3.05, 3.63) is 47.5 Å². The van der Waals surface area contributed by atoms with Gasteiger partial charge >= 0.3 is 0 Å². The summed E-state index contributed by atoms with van der Waals surface area (Å²) in [5, 5.41) is 0. The van der Waals surface area contributed by atoms with Crippen molar-refractivity contribution in [3.8, 4) is 23.0 Å². The van der Waals surface area contributed by atoms with Gasteiger partial charge in [0.25, 0.3) is 5.91 Å². The highest BCUT2D eigenvalue weighted by molar-refractivity contribution is 6.00. The summed E-state index contributed by atoms with van der Waals surface area (Å²) in [7, 11) is 4.58. The molecule has 0 aliphatic carbocycles. The number of para-hydroxylation sites is 1. The Bertz CT molecular complexity index is 963. The molecule has 7 nitrogen and oxygen atoms in total. The topological polar surface area (TPSA) is 74.3 Å². The fraction of sp³-hybridized carbons (Fsp3) is 0.417. The van der Waals surface area contributed by atoms with Crippen LogP contribution in [0.5, 0.6) is 23.0 Å². The summed E-state index contributed by atoms with van der Waals surface area (Å²) >= 11 is 0. The summed E-state index contributed by atoms with van der Waals surface area (Å²) in [5.41, 5.74) is 1.11. The molecule has 0 spiro atoms. The lowest BCUT2D eigenvalue weighted by Crippen LogP contribution is -2.46. The third-order valence-electron chi connectivity index (χ3n) is 6.03. The second-order valence-corrected chi connectivity index (χ2v) is 7.85. The van der Waals surface area contributed by atoms with Crippen molar-refractivity contribution in [2.24, 2.45) is 5.92 Å². The van der Waals surface area contributed by atoms with E-state index in [1.165, 1.54) is 21.3 Å². The van der Waals surface area contributed by atoms with E-state index >= 15 is 0 Å². The van der Waals surface area contributed by atoms with E-state index in [-0.39, 0.29) is 23.7 Å². The number of ether oxygens (including phenoxy) is 4. The van der Waals surface area contributed by atoms with Gasteiger partial charge < -0.3 is 23.8 Å². The lowest BCUT2D eigenvalue weighted by Gasteiger charge is -2.38. The third kappa shape index (κ3) is 4.04. The van der Waals surface area contributed by atoms with Gasteiger partial charge in [-0.05, 0) is 37.1 Å². The number of hydrogen-bond acceptors (Lipinski definition) is 6. The van der Waals surface area contributed by atoms with E-state index in [0.29, 0.717) is 53.6 Å². The fourth-order valence-electron chi connectivity index (χ4n) is 4.45. The molecule has 0 saturated carbocycles. The first-order chi connectivity index (χ1) is 15.0. The van der Waals surface area contributed by atoms with Crippen LogP contribution >= 0.6 is 0 Å². The second-order valence-electron chi connectivity index (χ2n) is 7.85. The fourth-order valence-corrected chi connectivity index (χ4v) is 4.45. The Morgan fingerprint density at radius 3 is 2.45 bits per heavy atom. The normalized spacial score (nSPS) is 20.5. The largest absolute Gasteiger partial charge is 0.493 e. The van der Waals surface area contributed by atoms with Crippen molar-refractivity contribution in [3.63, 3.8) is 0 Å². The summed E-state index contributed by atoms with van der Waals surface area (Å²) in [4.78, 5) is 27.7.